The highest BCUT2D eigenvalue weighted by atomic mass is 19.4. The Kier molecular flexibility index (Phi) is 6.57. The van der Waals surface area contributed by atoms with Gasteiger partial charge in [0.25, 0.3) is 0 Å². The average molecular weight is 390 g/mol. The molecule has 0 aromatic heterocycles. The van der Waals surface area contributed by atoms with Gasteiger partial charge in [0, 0.05) is 0 Å². The summed E-state index contributed by atoms with van der Waals surface area (Å²) >= 11 is 0. The van der Waals surface area contributed by atoms with Crippen LogP contribution in [0.3, 0.4) is 0 Å². The highest BCUT2D eigenvalue weighted by Crippen LogP contribution is 2.45. The molecule has 7 heteroatoms. The van der Waals surface area contributed by atoms with Crippen LogP contribution < -0.4 is 0 Å². The molecule has 0 spiro atoms. The van der Waals surface area contributed by atoms with Gasteiger partial charge in [-0.2, -0.15) is 26.3 Å². The minimum absolute atomic E-state index is 0.178. The third kappa shape index (κ3) is 5.48. The topological polar surface area (TPSA) is 9.23 Å². The maximum Gasteiger partial charge on any atom is 0.394 e. The van der Waals surface area contributed by atoms with E-state index in [2.05, 4.69) is 0 Å². The van der Waals surface area contributed by atoms with Crippen LogP contribution in [0, 0.1) is 11.8 Å². The Labute approximate surface area is 154 Å². The molecule has 4 unspecified atom stereocenters. The Balaban J connectivity index is 2.46. The van der Waals surface area contributed by atoms with Crippen LogP contribution in [-0.2, 0) is 4.74 Å². The van der Waals surface area contributed by atoms with Gasteiger partial charge in [-0.25, -0.2) is 0 Å². The smallest absolute Gasteiger partial charge is 0.364 e. The third-order valence-electron chi connectivity index (χ3n) is 4.49. The molecule has 2 rings (SSSR count). The highest BCUT2D eigenvalue weighted by molar-refractivity contribution is 5.21. The van der Waals surface area contributed by atoms with E-state index in [4.69, 9.17) is 4.74 Å². The lowest BCUT2D eigenvalue weighted by atomic mass is 9.93. The summed E-state index contributed by atoms with van der Waals surface area (Å²) in [6, 6.07) is 15.0. The monoisotopic (exact) mass is 390 g/mol. The van der Waals surface area contributed by atoms with E-state index < -0.39 is 36.4 Å². The van der Waals surface area contributed by atoms with Gasteiger partial charge in [-0.1, -0.05) is 74.5 Å². The fraction of sp³-hybridized carbons (Fsp3) is 0.400. The van der Waals surface area contributed by atoms with Crippen LogP contribution in [-0.4, -0.2) is 12.4 Å². The normalized spacial score (nSPS) is 17.2. The molecule has 0 radical (unpaired) electrons. The molecule has 27 heavy (non-hydrogen) atoms. The van der Waals surface area contributed by atoms with Crippen molar-refractivity contribution >= 4 is 0 Å². The van der Waals surface area contributed by atoms with E-state index in [9.17, 15) is 26.3 Å². The maximum absolute atomic E-state index is 13.4. The number of alkyl halides is 6. The van der Waals surface area contributed by atoms with Gasteiger partial charge >= 0.3 is 12.4 Å². The molecule has 0 amide bonds. The summed E-state index contributed by atoms with van der Waals surface area (Å²) < 4.78 is 85.8. The van der Waals surface area contributed by atoms with Crippen LogP contribution in [0.25, 0.3) is 0 Å². The molecule has 4 atom stereocenters. The second-order valence-electron chi connectivity index (χ2n) is 6.46. The zero-order chi connectivity index (χ0) is 20.2. The van der Waals surface area contributed by atoms with Crippen LogP contribution >= 0.6 is 0 Å². The molecule has 0 N–H and O–H groups in total. The molecule has 2 aromatic carbocycles. The number of ether oxygens (including phenoxy) is 1. The lowest BCUT2D eigenvalue weighted by Gasteiger charge is -2.34. The molecule has 0 heterocycles. The van der Waals surface area contributed by atoms with Gasteiger partial charge in [0.15, 0.2) is 0 Å². The zero-order valence-electron chi connectivity index (χ0n) is 14.8. The van der Waals surface area contributed by atoms with Gasteiger partial charge < -0.3 is 4.74 Å². The predicted molar refractivity (Wildman–Crippen MR) is 89.9 cm³/mol. The van der Waals surface area contributed by atoms with Crippen molar-refractivity contribution in [2.75, 3.05) is 0 Å². The van der Waals surface area contributed by atoms with Crippen LogP contribution in [0.15, 0.2) is 60.7 Å². The van der Waals surface area contributed by atoms with Crippen LogP contribution in [0.5, 0.6) is 0 Å². The fourth-order valence-corrected chi connectivity index (χ4v) is 2.76. The maximum atomic E-state index is 13.4. The van der Waals surface area contributed by atoms with Crippen LogP contribution in [0.1, 0.15) is 37.2 Å². The highest BCUT2D eigenvalue weighted by Gasteiger charge is 2.47. The van der Waals surface area contributed by atoms with Crippen molar-refractivity contribution in [2.45, 2.75) is 38.4 Å². The Hall–Kier alpha value is -2.02. The van der Waals surface area contributed by atoms with Gasteiger partial charge in [-0.3, -0.25) is 0 Å². The largest absolute Gasteiger partial charge is 0.394 e. The van der Waals surface area contributed by atoms with Crippen molar-refractivity contribution < 1.29 is 31.1 Å². The summed E-state index contributed by atoms with van der Waals surface area (Å²) in [5, 5.41) is 0. The summed E-state index contributed by atoms with van der Waals surface area (Å²) in [6.07, 6.45) is -12.4. The standard InChI is InChI=1S/C20H20F6O/c1-13(19(21,22)23)17(15-9-5-3-6-10-15)27-18(14(2)20(24,25)26)16-11-7-4-8-12-16/h3-14,17-18H,1-2H3. The Morgan fingerprint density at radius 2 is 0.889 bits per heavy atom. The minimum atomic E-state index is -4.62. The molecule has 0 bridgehead atoms. The van der Waals surface area contributed by atoms with E-state index >= 15 is 0 Å². The third-order valence-corrected chi connectivity index (χ3v) is 4.49. The summed E-state index contributed by atoms with van der Waals surface area (Å²) in [7, 11) is 0. The lowest BCUT2D eigenvalue weighted by molar-refractivity contribution is -0.240. The van der Waals surface area contributed by atoms with E-state index in [0.29, 0.717) is 0 Å². The quantitative estimate of drug-likeness (QED) is 0.489. The first-order chi connectivity index (χ1) is 12.5. The number of hydrogen-bond donors (Lipinski definition) is 0. The van der Waals surface area contributed by atoms with E-state index in [0.717, 1.165) is 13.8 Å². The second kappa shape index (κ2) is 8.33. The van der Waals surface area contributed by atoms with Crippen molar-refractivity contribution in [3.8, 4) is 0 Å². The summed E-state index contributed by atoms with van der Waals surface area (Å²) in [5.41, 5.74) is 0.357. The van der Waals surface area contributed by atoms with Crippen LogP contribution in [0.4, 0.5) is 26.3 Å². The van der Waals surface area contributed by atoms with E-state index in [1.807, 2.05) is 0 Å². The molecule has 0 aliphatic rings. The summed E-state index contributed by atoms with van der Waals surface area (Å²) in [5.74, 6) is -3.96. The second-order valence-corrected chi connectivity index (χ2v) is 6.46. The number of rotatable bonds is 6. The number of halogens is 6. The predicted octanol–water partition coefficient (Wildman–Crippen LogP) is 6.88. The van der Waals surface area contributed by atoms with E-state index in [1.165, 1.54) is 48.5 Å². The van der Waals surface area contributed by atoms with Crippen molar-refractivity contribution in [2.24, 2.45) is 11.8 Å². The molecule has 0 fully saturated rings. The van der Waals surface area contributed by atoms with Gasteiger partial charge in [-0.05, 0) is 11.1 Å². The first-order valence-corrected chi connectivity index (χ1v) is 8.40. The average Bonchev–Trinajstić information content (AvgIpc) is 2.61. The Morgan fingerprint density at radius 1 is 0.593 bits per heavy atom. The number of benzene rings is 2. The van der Waals surface area contributed by atoms with E-state index in [1.54, 1.807) is 12.1 Å². The fourth-order valence-electron chi connectivity index (χ4n) is 2.76. The Bertz CT molecular complexity index is 634. The van der Waals surface area contributed by atoms with Crippen molar-refractivity contribution in [3.05, 3.63) is 71.8 Å². The minimum Gasteiger partial charge on any atom is -0.364 e. The molecule has 0 aliphatic heterocycles. The molecule has 2 aromatic rings. The summed E-state index contributed by atoms with van der Waals surface area (Å²) in [6.45, 7) is 1.83. The molecule has 0 saturated heterocycles. The molecule has 1 nitrogen and oxygen atoms in total. The van der Waals surface area contributed by atoms with Crippen molar-refractivity contribution in [3.63, 3.8) is 0 Å². The molecular weight excluding hydrogens is 370 g/mol. The van der Waals surface area contributed by atoms with Crippen molar-refractivity contribution in [1.29, 1.82) is 0 Å². The zero-order valence-corrected chi connectivity index (χ0v) is 14.8. The molecule has 148 valence electrons. The van der Waals surface area contributed by atoms with Crippen molar-refractivity contribution in [1.82, 2.24) is 0 Å². The SMILES string of the molecule is CC(C(OC(c1ccccc1)C(C)C(F)(F)F)c1ccccc1)C(F)(F)F. The van der Waals surface area contributed by atoms with E-state index in [-0.39, 0.29) is 11.1 Å². The Morgan fingerprint density at radius 3 is 1.15 bits per heavy atom. The summed E-state index contributed by atoms with van der Waals surface area (Å²) in [4.78, 5) is 0. The first-order valence-electron chi connectivity index (χ1n) is 8.40. The van der Waals surface area contributed by atoms with Gasteiger partial charge in [0.05, 0.1) is 24.0 Å². The number of hydrogen-bond acceptors (Lipinski definition) is 1. The van der Waals surface area contributed by atoms with Gasteiger partial charge in [0.1, 0.15) is 0 Å². The first kappa shape index (κ1) is 21.3. The van der Waals surface area contributed by atoms with Gasteiger partial charge in [0.2, 0.25) is 0 Å². The molecule has 0 aliphatic carbocycles. The lowest BCUT2D eigenvalue weighted by Crippen LogP contribution is -2.33. The molecule has 0 saturated carbocycles. The van der Waals surface area contributed by atoms with Crippen LogP contribution in [0.2, 0.25) is 0 Å². The van der Waals surface area contributed by atoms with Gasteiger partial charge in [-0.15, -0.1) is 0 Å². The molecular formula is C20H20F6O.